The predicted molar refractivity (Wildman–Crippen MR) is 53.9 cm³/mol. The zero-order valence-corrected chi connectivity index (χ0v) is 8.25. The van der Waals surface area contributed by atoms with E-state index >= 15 is 0 Å². The van der Waals surface area contributed by atoms with Crippen LogP contribution in [-0.2, 0) is 0 Å². The molecular weight excluding hydrogens is 202 g/mol. The van der Waals surface area contributed by atoms with E-state index in [2.05, 4.69) is 10.2 Å². The molecular formula is C9H8ClN3O. The molecule has 0 bridgehead atoms. The van der Waals surface area contributed by atoms with Gasteiger partial charge in [0.05, 0.1) is 0 Å². The highest BCUT2D eigenvalue weighted by Gasteiger charge is 2.10. The highest BCUT2D eigenvalue weighted by Crippen LogP contribution is 2.27. The molecule has 1 heterocycles. The van der Waals surface area contributed by atoms with Gasteiger partial charge in [-0.1, -0.05) is 22.8 Å². The van der Waals surface area contributed by atoms with Crippen LogP contribution in [0.5, 0.6) is 0 Å². The summed E-state index contributed by atoms with van der Waals surface area (Å²) in [6.45, 7) is 1.89. The molecule has 0 aliphatic heterocycles. The lowest BCUT2D eigenvalue weighted by molar-refractivity contribution is 0.590. The van der Waals surface area contributed by atoms with Crippen molar-refractivity contribution in [3.05, 3.63) is 28.8 Å². The van der Waals surface area contributed by atoms with Gasteiger partial charge < -0.3 is 10.2 Å². The predicted octanol–water partition coefficient (Wildman–Crippen LogP) is 2.28. The molecule has 14 heavy (non-hydrogen) atoms. The normalized spacial score (nSPS) is 10.4. The van der Waals surface area contributed by atoms with Crippen molar-refractivity contribution in [2.24, 2.45) is 0 Å². The Morgan fingerprint density at radius 1 is 1.36 bits per heavy atom. The van der Waals surface area contributed by atoms with E-state index in [1.807, 2.05) is 19.1 Å². The Morgan fingerprint density at radius 3 is 2.79 bits per heavy atom. The SMILES string of the molecule is Cc1c(Cl)cccc1-c1nnc(N)o1. The van der Waals surface area contributed by atoms with Crippen LogP contribution in [0.4, 0.5) is 6.01 Å². The summed E-state index contributed by atoms with van der Waals surface area (Å²) < 4.78 is 5.10. The molecule has 1 aromatic carbocycles. The van der Waals surface area contributed by atoms with Crippen LogP contribution >= 0.6 is 11.6 Å². The fraction of sp³-hybridized carbons (Fsp3) is 0.111. The molecule has 0 fully saturated rings. The molecule has 2 rings (SSSR count). The molecule has 0 amide bonds. The van der Waals surface area contributed by atoms with Crippen molar-refractivity contribution in [1.82, 2.24) is 10.2 Å². The molecule has 0 unspecified atom stereocenters. The Morgan fingerprint density at radius 2 is 2.14 bits per heavy atom. The van der Waals surface area contributed by atoms with E-state index in [0.717, 1.165) is 11.1 Å². The van der Waals surface area contributed by atoms with Crippen molar-refractivity contribution in [2.45, 2.75) is 6.92 Å². The first-order valence-electron chi connectivity index (χ1n) is 4.03. The third-order valence-corrected chi connectivity index (χ3v) is 2.35. The van der Waals surface area contributed by atoms with Gasteiger partial charge in [-0.25, -0.2) is 0 Å². The Hall–Kier alpha value is -1.55. The molecule has 0 radical (unpaired) electrons. The number of nitrogens with zero attached hydrogens (tertiary/aromatic N) is 2. The van der Waals surface area contributed by atoms with Gasteiger partial charge in [-0.2, -0.15) is 0 Å². The first kappa shape index (κ1) is 9.02. The molecule has 72 valence electrons. The summed E-state index contributed by atoms with van der Waals surface area (Å²) >= 11 is 5.95. The maximum absolute atomic E-state index is 5.95. The van der Waals surface area contributed by atoms with Crippen LogP contribution in [0.25, 0.3) is 11.5 Å². The highest BCUT2D eigenvalue weighted by atomic mass is 35.5. The van der Waals surface area contributed by atoms with Crippen molar-refractivity contribution in [1.29, 1.82) is 0 Å². The smallest absolute Gasteiger partial charge is 0.313 e. The summed E-state index contributed by atoms with van der Waals surface area (Å²) in [5, 5.41) is 8.04. The van der Waals surface area contributed by atoms with Crippen LogP contribution in [0.2, 0.25) is 5.02 Å². The molecule has 0 spiro atoms. The van der Waals surface area contributed by atoms with Crippen molar-refractivity contribution in [2.75, 3.05) is 5.73 Å². The van der Waals surface area contributed by atoms with Crippen LogP contribution < -0.4 is 5.73 Å². The summed E-state index contributed by atoms with van der Waals surface area (Å²) in [6, 6.07) is 5.54. The van der Waals surface area contributed by atoms with Gasteiger partial charge in [0.1, 0.15) is 0 Å². The number of nitrogens with two attached hydrogens (primary N) is 1. The van der Waals surface area contributed by atoms with E-state index in [-0.39, 0.29) is 6.01 Å². The topological polar surface area (TPSA) is 64.9 Å². The van der Waals surface area contributed by atoms with Gasteiger partial charge in [0.2, 0.25) is 5.89 Å². The lowest BCUT2D eigenvalue weighted by Crippen LogP contribution is -1.84. The minimum Gasteiger partial charge on any atom is -0.404 e. The minimum absolute atomic E-state index is 0.0550. The van der Waals surface area contributed by atoms with Gasteiger partial charge in [0.25, 0.3) is 0 Å². The Bertz CT molecular complexity index is 467. The van der Waals surface area contributed by atoms with E-state index in [0.29, 0.717) is 10.9 Å². The maximum Gasteiger partial charge on any atom is 0.313 e. The molecule has 0 aliphatic rings. The van der Waals surface area contributed by atoms with Crippen molar-refractivity contribution >= 4 is 17.6 Å². The van der Waals surface area contributed by atoms with Gasteiger partial charge in [-0.3, -0.25) is 0 Å². The van der Waals surface area contributed by atoms with Gasteiger partial charge in [-0.15, -0.1) is 5.10 Å². The Labute approximate surface area is 85.7 Å². The number of hydrogen-bond acceptors (Lipinski definition) is 4. The summed E-state index contributed by atoms with van der Waals surface area (Å²) in [4.78, 5) is 0. The average Bonchev–Trinajstić information content (AvgIpc) is 2.57. The van der Waals surface area contributed by atoms with E-state index in [4.69, 9.17) is 21.8 Å². The first-order valence-corrected chi connectivity index (χ1v) is 4.41. The number of hydrogen-bond donors (Lipinski definition) is 1. The number of anilines is 1. The summed E-state index contributed by atoms with van der Waals surface area (Å²) in [6.07, 6.45) is 0. The fourth-order valence-corrected chi connectivity index (χ4v) is 1.36. The standard InChI is InChI=1S/C9H8ClN3O/c1-5-6(3-2-4-7(5)10)8-12-13-9(11)14-8/h2-4H,1H3,(H2,11,13). The van der Waals surface area contributed by atoms with E-state index < -0.39 is 0 Å². The van der Waals surface area contributed by atoms with E-state index in [9.17, 15) is 0 Å². The lowest BCUT2D eigenvalue weighted by Gasteiger charge is -2.01. The number of benzene rings is 1. The molecule has 5 heteroatoms. The molecule has 0 atom stereocenters. The maximum atomic E-state index is 5.95. The van der Waals surface area contributed by atoms with Gasteiger partial charge >= 0.3 is 6.01 Å². The van der Waals surface area contributed by atoms with Crippen molar-refractivity contribution in [3.63, 3.8) is 0 Å². The van der Waals surface area contributed by atoms with Crippen molar-refractivity contribution < 1.29 is 4.42 Å². The second-order valence-corrected chi connectivity index (χ2v) is 3.27. The Kier molecular flexibility index (Phi) is 2.13. The third-order valence-electron chi connectivity index (χ3n) is 1.94. The number of halogens is 1. The quantitative estimate of drug-likeness (QED) is 0.783. The molecule has 1 aromatic heterocycles. The second-order valence-electron chi connectivity index (χ2n) is 2.86. The lowest BCUT2D eigenvalue weighted by atomic mass is 10.1. The summed E-state index contributed by atoms with van der Waals surface area (Å²) in [5.74, 6) is 0.391. The molecule has 0 saturated carbocycles. The van der Waals surface area contributed by atoms with Crippen molar-refractivity contribution in [3.8, 4) is 11.5 Å². The minimum atomic E-state index is 0.0550. The van der Waals surface area contributed by atoms with Gasteiger partial charge in [0.15, 0.2) is 0 Å². The van der Waals surface area contributed by atoms with Crippen LogP contribution in [0.15, 0.2) is 22.6 Å². The third kappa shape index (κ3) is 1.44. The van der Waals surface area contributed by atoms with Crippen LogP contribution in [-0.4, -0.2) is 10.2 Å². The molecule has 0 saturated heterocycles. The van der Waals surface area contributed by atoms with E-state index in [1.165, 1.54) is 0 Å². The molecule has 4 nitrogen and oxygen atoms in total. The zero-order chi connectivity index (χ0) is 10.1. The molecule has 0 aliphatic carbocycles. The average molecular weight is 210 g/mol. The number of rotatable bonds is 1. The monoisotopic (exact) mass is 209 g/mol. The van der Waals surface area contributed by atoms with Crippen LogP contribution in [0, 0.1) is 6.92 Å². The van der Waals surface area contributed by atoms with Crippen LogP contribution in [0.1, 0.15) is 5.56 Å². The van der Waals surface area contributed by atoms with Gasteiger partial charge in [-0.05, 0) is 24.6 Å². The largest absolute Gasteiger partial charge is 0.404 e. The Balaban J connectivity index is 2.57. The highest BCUT2D eigenvalue weighted by molar-refractivity contribution is 6.31. The zero-order valence-electron chi connectivity index (χ0n) is 7.49. The summed E-state index contributed by atoms with van der Waals surface area (Å²) in [7, 11) is 0. The molecule has 2 N–H and O–H groups in total. The van der Waals surface area contributed by atoms with E-state index in [1.54, 1.807) is 6.07 Å². The van der Waals surface area contributed by atoms with Crippen LogP contribution in [0.3, 0.4) is 0 Å². The first-order chi connectivity index (χ1) is 6.68. The summed E-state index contributed by atoms with van der Waals surface area (Å²) in [5.41, 5.74) is 7.04. The molecule has 2 aromatic rings. The fourth-order valence-electron chi connectivity index (χ4n) is 1.18. The number of nitrogen functional groups attached to an aromatic ring is 1. The van der Waals surface area contributed by atoms with Gasteiger partial charge in [0, 0.05) is 10.6 Å². The second kappa shape index (κ2) is 3.31. The number of aromatic nitrogens is 2.